The van der Waals surface area contributed by atoms with E-state index >= 15 is 0 Å². The maximum Gasteiger partial charge on any atom is 0.319 e. The number of aryl methyl sites for hydroxylation is 1. The molecule has 130 valence electrons. The number of benzene rings is 1. The third kappa shape index (κ3) is 5.34. The molecule has 3 N–H and O–H groups in total. The van der Waals surface area contributed by atoms with Gasteiger partial charge in [0.25, 0.3) is 0 Å². The summed E-state index contributed by atoms with van der Waals surface area (Å²) < 4.78 is 5.36. The van der Waals surface area contributed by atoms with Crippen LogP contribution in [0.3, 0.4) is 0 Å². The second-order valence-electron chi connectivity index (χ2n) is 6.73. The number of carbonyl (C=O) groups is 1. The van der Waals surface area contributed by atoms with E-state index in [0.717, 1.165) is 5.56 Å². The molecule has 0 radical (unpaired) electrons. The van der Waals surface area contributed by atoms with E-state index in [1.165, 1.54) is 0 Å². The highest BCUT2D eigenvalue weighted by Gasteiger charge is 2.21. The van der Waals surface area contributed by atoms with E-state index in [4.69, 9.17) is 4.42 Å². The Kier molecular flexibility index (Phi) is 5.56. The lowest BCUT2D eigenvalue weighted by molar-refractivity contribution is 0.129. The zero-order valence-electron chi connectivity index (χ0n) is 14.5. The number of hydrogen-bond donors (Lipinski definition) is 3. The fourth-order valence-electron chi connectivity index (χ4n) is 2.48. The third-order valence-corrected chi connectivity index (χ3v) is 3.49. The molecule has 0 saturated heterocycles. The van der Waals surface area contributed by atoms with Crippen LogP contribution in [-0.2, 0) is 0 Å². The van der Waals surface area contributed by atoms with E-state index in [1.54, 1.807) is 38.1 Å². The summed E-state index contributed by atoms with van der Waals surface area (Å²) in [6.45, 7) is 7.95. The number of aliphatic hydroxyl groups is 1. The summed E-state index contributed by atoms with van der Waals surface area (Å²) in [5, 5.41) is 22.8. The summed E-state index contributed by atoms with van der Waals surface area (Å²) in [6.07, 6.45) is 0.219. The average molecular weight is 332 g/mol. The van der Waals surface area contributed by atoms with E-state index < -0.39 is 6.10 Å². The Morgan fingerprint density at radius 3 is 2.50 bits per heavy atom. The smallest absolute Gasteiger partial charge is 0.319 e. The number of nitrogens with one attached hydrogen (secondary N) is 2. The number of amides is 2. The number of hydrogen-bond acceptors (Lipinski definition) is 5. The Bertz CT molecular complexity index is 677. The van der Waals surface area contributed by atoms with Crippen molar-refractivity contribution in [1.29, 1.82) is 0 Å². The number of aromatic nitrogens is 2. The Hall–Kier alpha value is -2.41. The molecule has 2 aromatic rings. The van der Waals surface area contributed by atoms with Crippen molar-refractivity contribution in [2.75, 3.05) is 11.9 Å². The van der Waals surface area contributed by atoms with Gasteiger partial charge in [-0.05, 0) is 43.0 Å². The first-order valence-electron chi connectivity index (χ1n) is 7.89. The van der Waals surface area contributed by atoms with Gasteiger partial charge in [0.05, 0.1) is 6.10 Å². The summed E-state index contributed by atoms with van der Waals surface area (Å²) in [6, 6.07) is 6.88. The van der Waals surface area contributed by atoms with Gasteiger partial charge < -0.3 is 20.2 Å². The average Bonchev–Trinajstić information content (AvgIpc) is 2.91. The van der Waals surface area contributed by atoms with Crippen LogP contribution in [0.5, 0.6) is 0 Å². The molecule has 0 unspecified atom stereocenters. The molecule has 1 atom stereocenters. The van der Waals surface area contributed by atoms with Gasteiger partial charge in [-0.3, -0.25) is 0 Å². The molecular weight excluding hydrogens is 308 g/mol. The summed E-state index contributed by atoms with van der Waals surface area (Å²) in [5.41, 5.74) is 1.28. The molecule has 0 saturated carbocycles. The highest BCUT2D eigenvalue weighted by molar-refractivity contribution is 5.89. The van der Waals surface area contributed by atoms with Crippen molar-refractivity contribution in [2.45, 2.75) is 40.2 Å². The Morgan fingerprint density at radius 2 is 1.96 bits per heavy atom. The molecule has 1 heterocycles. The molecule has 0 aliphatic heterocycles. The number of rotatable bonds is 6. The second kappa shape index (κ2) is 7.44. The van der Waals surface area contributed by atoms with Gasteiger partial charge in [0, 0.05) is 24.7 Å². The fourth-order valence-corrected chi connectivity index (χ4v) is 2.48. The van der Waals surface area contributed by atoms with E-state index in [1.807, 2.05) is 13.8 Å². The Balaban J connectivity index is 1.88. The molecule has 7 heteroatoms. The molecular formula is C17H24N4O3. The third-order valence-electron chi connectivity index (χ3n) is 3.49. The number of aliphatic hydroxyl groups excluding tert-OH is 1. The molecule has 1 aromatic carbocycles. The van der Waals surface area contributed by atoms with Crippen molar-refractivity contribution in [3.63, 3.8) is 0 Å². The van der Waals surface area contributed by atoms with Crippen LogP contribution in [0.2, 0.25) is 0 Å². The van der Waals surface area contributed by atoms with E-state index in [0.29, 0.717) is 30.4 Å². The van der Waals surface area contributed by atoms with Gasteiger partial charge in [0.15, 0.2) is 0 Å². The van der Waals surface area contributed by atoms with Crippen molar-refractivity contribution >= 4 is 11.7 Å². The van der Waals surface area contributed by atoms with Crippen molar-refractivity contribution in [3.05, 3.63) is 30.2 Å². The summed E-state index contributed by atoms with van der Waals surface area (Å²) in [5.74, 6) is 0.953. The van der Waals surface area contributed by atoms with Gasteiger partial charge in [-0.2, -0.15) is 0 Å². The maximum atomic E-state index is 12.0. The first-order chi connectivity index (χ1) is 11.2. The predicted molar refractivity (Wildman–Crippen MR) is 91.6 cm³/mol. The maximum absolute atomic E-state index is 12.0. The summed E-state index contributed by atoms with van der Waals surface area (Å²) in [4.78, 5) is 12.0. The van der Waals surface area contributed by atoms with Crippen LogP contribution < -0.4 is 10.6 Å². The number of urea groups is 1. The van der Waals surface area contributed by atoms with Crippen LogP contribution in [-0.4, -0.2) is 34.0 Å². The molecule has 2 amide bonds. The second-order valence-corrected chi connectivity index (χ2v) is 6.73. The Morgan fingerprint density at radius 1 is 1.29 bits per heavy atom. The van der Waals surface area contributed by atoms with E-state index in [-0.39, 0.29) is 11.4 Å². The van der Waals surface area contributed by atoms with Crippen molar-refractivity contribution < 1.29 is 14.3 Å². The first-order valence-corrected chi connectivity index (χ1v) is 7.89. The van der Waals surface area contributed by atoms with Crippen LogP contribution >= 0.6 is 0 Å². The minimum atomic E-state index is -0.397. The molecule has 24 heavy (non-hydrogen) atoms. The van der Waals surface area contributed by atoms with Gasteiger partial charge in [-0.1, -0.05) is 13.8 Å². The number of anilines is 1. The van der Waals surface area contributed by atoms with Gasteiger partial charge in [-0.25, -0.2) is 4.79 Å². The van der Waals surface area contributed by atoms with Crippen molar-refractivity contribution in [3.8, 4) is 11.5 Å². The minimum absolute atomic E-state index is 0.175. The van der Waals surface area contributed by atoms with Crippen LogP contribution in [0.15, 0.2) is 28.7 Å². The molecule has 0 spiro atoms. The van der Waals surface area contributed by atoms with Gasteiger partial charge in [0.1, 0.15) is 0 Å². The van der Waals surface area contributed by atoms with E-state index in [2.05, 4.69) is 20.8 Å². The lowest BCUT2D eigenvalue weighted by atomic mass is 9.87. The normalized spacial score (nSPS) is 12.7. The molecule has 0 aliphatic carbocycles. The van der Waals surface area contributed by atoms with Gasteiger partial charge in [0.2, 0.25) is 11.8 Å². The zero-order chi connectivity index (χ0) is 17.7. The van der Waals surface area contributed by atoms with Crippen LogP contribution in [0.1, 0.15) is 33.1 Å². The fraction of sp³-hybridized carbons (Fsp3) is 0.471. The zero-order valence-corrected chi connectivity index (χ0v) is 14.5. The van der Waals surface area contributed by atoms with Crippen LogP contribution in [0.25, 0.3) is 11.5 Å². The quantitative estimate of drug-likeness (QED) is 0.755. The predicted octanol–water partition coefficient (Wildman–Crippen LogP) is 2.96. The largest absolute Gasteiger partial charge is 0.421 e. The lowest BCUT2D eigenvalue weighted by Crippen LogP contribution is -2.38. The monoisotopic (exact) mass is 332 g/mol. The van der Waals surface area contributed by atoms with Crippen LogP contribution in [0.4, 0.5) is 10.5 Å². The van der Waals surface area contributed by atoms with E-state index in [9.17, 15) is 9.90 Å². The van der Waals surface area contributed by atoms with Crippen molar-refractivity contribution in [2.24, 2.45) is 5.41 Å². The Labute approximate surface area is 141 Å². The molecule has 1 aromatic heterocycles. The standard InChI is InChI=1S/C17H24N4O3/c1-11(22)9-17(3,4)10-18-16(23)19-14-7-5-13(6-8-14)15-21-20-12(2)24-15/h5-8,11,22H,9-10H2,1-4H3,(H2,18,19,23)/t11-/m0/s1. The summed E-state index contributed by atoms with van der Waals surface area (Å²) in [7, 11) is 0. The van der Waals surface area contributed by atoms with Crippen LogP contribution in [0, 0.1) is 12.3 Å². The molecule has 2 rings (SSSR count). The first kappa shape index (κ1) is 17.9. The molecule has 7 nitrogen and oxygen atoms in total. The molecule has 0 bridgehead atoms. The van der Waals surface area contributed by atoms with Crippen molar-refractivity contribution in [1.82, 2.24) is 15.5 Å². The highest BCUT2D eigenvalue weighted by Crippen LogP contribution is 2.22. The van der Waals surface area contributed by atoms with Gasteiger partial charge >= 0.3 is 6.03 Å². The number of carbonyl (C=O) groups excluding carboxylic acids is 1. The number of nitrogens with zero attached hydrogens (tertiary/aromatic N) is 2. The summed E-state index contributed by atoms with van der Waals surface area (Å²) >= 11 is 0. The minimum Gasteiger partial charge on any atom is -0.421 e. The molecule has 0 aliphatic rings. The topological polar surface area (TPSA) is 100 Å². The SMILES string of the molecule is Cc1nnc(-c2ccc(NC(=O)NCC(C)(C)C[C@H](C)O)cc2)o1. The highest BCUT2D eigenvalue weighted by atomic mass is 16.4. The van der Waals surface area contributed by atoms with Gasteiger partial charge in [-0.15, -0.1) is 10.2 Å². The molecule has 0 fully saturated rings. The lowest BCUT2D eigenvalue weighted by Gasteiger charge is -2.26.